The van der Waals surface area contributed by atoms with Gasteiger partial charge in [-0.1, -0.05) is 79.1 Å². The molecule has 34 heavy (non-hydrogen) atoms. The average Bonchev–Trinajstić information content (AvgIpc) is 3.57. The van der Waals surface area contributed by atoms with E-state index < -0.39 is 0 Å². The molecular weight excluding hydrogens is 489 g/mol. The summed E-state index contributed by atoms with van der Waals surface area (Å²) in [5.74, 6) is 1.69. The Labute approximate surface area is 221 Å². The molecule has 0 aliphatic carbocycles. The SMILES string of the molecule is CCCCC(CC)Cc1cc2sc3cc4c(cc3c2s1)sc1cc(CC(CC)CCCC)sc14. The van der Waals surface area contributed by atoms with Crippen LogP contribution in [0.5, 0.6) is 0 Å². The lowest BCUT2D eigenvalue weighted by atomic mass is 9.95. The first kappa shape index (κ1) is 24.7. The lowest BCUT2D eigenvalue weighted by Crippen LogP contribution is -2.01. The molecule has 0 radical (unpaired) electrons. The van der Waals surface area contributed by atoms with Gasteiger partial charge in [0.2, 0.25) is 0 Å². The summed E-state index contributed by atoms with van der Waals surface area (Å²) in [6.07, 6.45) is 13.3. The molecule has 0 spiro atoms. The number of benzene rings is 1. The van der Waals surface area contributed by atoms with Crippen LogP contribution in [-0.4, -0.2) is 0 Å². The second kappa shape index (κ2) is 11.0. The summed E-state index contributed by atoms with van der Waals surface area (Å²) in [6.45, 7) is 9.35. The smallest absolute Gasteiger partial charge is 0.0532 e. The first-order chi connectivity index (χ1) is 16.6. The molecule has 182 valence electrons. The van der Waals surface area contributed by atoms with E-state index in [9.17, 15) is 0 Å². The quantitative estimate of drug-likeness (QED) is 0.152. The van der Waals surface area contributed by atoms with E-state index in [0.717, 1.165) is 11.8 Å². The van der Waals surface area contributed by atoms with Gasteiger partial charge in [-0.3, -0.25) is 0 Å². The van der Waals surface area contributed by atoms with Crippen molar-refractivity contribution in [3.05, 3.63) is 34.0 Å². The largest absolute Gasteiger partial charge is 0.139 e. The van der Waals surface area contributed by atoms with Gasteiger partial charge < -0.3 is 0 Å². The Bertz CT molecular complexity index is 1270. The molecule has 0 fully saturated rings. The van der Waals surface area contributed by atoms with Crippen molar-refractivity contribution in [3.8, 4) is 0 Å². The third kappa shape index (κ3) is 4.98. The van der Waals surface area contributed by atoms with Crippen LogP contribution in [0, 0.1) is 11.8 Å². The van der Waals surface area contributed by atoms with Crippen molar-refractivity contribution in [1.29, 1.82) is 0 Å². The van der Waals surface area contributed by atoms with E-state index in [1.54, 1.807) is 9.75 Å². The summed E-state index contributed by atoms with van der Waals surface area (Å²) < 4.78 is 9.01. The average molecular weight is 527 g/mol. The highest BCUT2D eigenvalue weighted by Gasteiger charge is 2.17. The van der Waals surface area contributed by atoms with Crippen LogP contribution in [0.2, 0.25) is 0 Å². The maximum Gasteiger partial charge on any atom is 0.0532 e. The zero-order valence-corrected chi connectivity index (χ0v) is 24.4. The maximum absolute atomic E-state index is 2.51. The highest BCUT2D eigenvalue weighted by molar-refractivity contribution is 7.34. The van der Waals surface area contributed by atoms with Crippen LogP contribution in [0.4, 0.5) is 0 Å². The Hall–Kier alpha value is -0.940. The second-order valence-corrected chi connectivity index (χ2v) is 14.5. The number of thiophene rings is 4. The summed E-state index contributed by atoms with van der Waals surface area (Å²) in [4.78, 5) is 3.19. The van der Waals surface area contributed by atoms with Crippen LogP contribution >= 0.6 is 45.3 Å². The van der Waals surface area contributed by atoms with E-state index in [1.165, 1.54) is 103 Å². The normalized spacial score (nSPS) is 14.2. The van der Waals surface area contributed by atoms with Gasteiger partial charge in [-0.25, -0.2) is 0 Å². The first-order valence-electron chi connectivity index (χ1n) is 13.4. The van der Waals surface area contributed by atoms with Crippen LogP contribution in [-0.2, 0) is 12.8 Å². The monoisotopic (exact) mass is 526 g/mol. The Morgan fingerprint density at radius 1 is 0.559 bits per heavy atom. The first-order valence-corrected chi connectivity index (χ1v) is 16.7. The summed E-state index contributed by atoms with van der Waals surface area (Å²) >= 11 is 8.15. The maximum atomic E-state index is 2.51. The van der Waals surface area contributed by atoms with Crippen molar-refractivity contribution >= 4 is 84.3 Å². The predicted octanol–water partition coefficient (Wildman–Crippen LogP) is 12.1. The van der Waals surface area contributed by atoms with Crippen molar-refractivity contribution < 1.29 is 0 Å². The minimum Gasteiger partial charge on any atom is -0.139 e. The van der Waals surface area contributed by atoms with Crippen LogP contribution in [0.15, 0.2) is 24.3 Å². The van der Waals surface area contributed by atoms with E-state index in [-0.39, 0.29) is 0 Å². The molecule has 0 aliphatic rings. The van der Waals surface area contributed by atoms with Crippen LogP contribution < -0.4 is 0 Å². The fourth-order valence-corrected chi connectivity index (χ4v) is 10.7. The molecule has 0 nitrogen and oxygen atoms in total. The molecule has 0 saturated heterocycles. The summed E-state index contributed by atoms with van der Waals surface area (Å²) in [5.41, 5.74) is 0. The van der Waals surface area contributed by atoms with Crippen molar-refractivity contribution in [2.75, 3.05) is 0 Å². The van der Waals surface area contributed by atoms with Crippen molar-refractivity contribution in [2.45, 2.75) is 91.9 Å². The molecule has 0 aliphatic heterocycles. The van der Waals surface area contributed by atoms with Crippen molar-refractivity contribution in [1.82, 2.24) is 0 Å². The predicted molar refractivity (Wildman–Crippen MR) is 162 cm³/mol. The van der Waals surface area contributed by atoms with E-state index in [0.29, 0.717) is 0 Å². The lowest BCUT2D eigenvalue weighted by Gasteiger charge is -2.12. The van der Waals surface area contributed by atoms with Gasteiger partial charge >= 0.3 is 0 Å². The number of hydrogen-bond donors (Lipinski definition) is 0. The molecule has 5 rings (SSSR count). The Balaban J connectivity index is 1.43. The molecule has 1 aromatic carbocycles. The number of hydrogen-bond acceptors (Lipinski definition) is 4. The fourth-order valence-electron chi connectivity index (χ4n) is 5.35. The number of fused-ring (bicyclic) bond motifs is 6. The Morgan fingerprint density at radius 3 is 1.38 bits per heavy atom. The third-order valence-corrected chi connectivity index (χ3v) is 12.4. The standard InChI is InChI=1S/C30H38S4/c1-5-9-11-19(7-3)13-21-15-27-29(31-21)23-17-26-24(18-25(23)33-27)30-28(34-26)16-22(32-30)14-20(8-4)12-10-6-2/h15-20H,5-14H2,1-4H3. The van der Waals surface area contributed by atoms with Crippen LogP contribution in [0.25, 0.3) is 39.0 Å². The molecule has 4 heterocycles. The molecule has 0 bridgehead atoms. The summed E-state index contributed by atoms with van der Waals surface area (Å²) in [7, 11) is 0. The number of unbranched alkanes of at least 4 members (excludes halogenated alkanes) is 2. The minimum absolute atomic E-state index is 0.846. The molecule has 2 atom stereocenters. The Morgan fingerprint density at radius 2 is 1.00 bits per heavy atom. The van der Waals surface area contributed by atoms with Gasteiger partial charge in [0.1, 0.15) is 0 Å². The van der Waals surface area contributed by atoms with E-state index >= 15 is 0 Å². The van der Waals surface area contributed by atoms with Gasteiger partial charge in [-0.15, -0.1) is 45.3 Å². The van der Waals surface area contributed by atoms with E-state index in [2.05, 4.69) is 74.6 Å². The topological polar surface area (TPSA) is 0 Å². The molecule has 2 unspecified atom stereocenters. The zero-order chi connectivity index (χ0) is 23.7. The second-order valence-electron chi connectivity index (χ2n) is 10.1. The fraction of sp³-hybridized carbons (Fsp3) is 0.533. The van der Waals surface area contributed by atoms with Crippen LogP contribution in [0.3, 0.4) is 0 Å². The molecule has 4 aromatic heterocycles. The van der Waals surface area contributed by atoms with Gasteiger partial charge in [0.25, 0.3) is 0 Å². The van der Waals surface area contributed by atoms with Crippen molar-refractivity contribution in [2.24, 2.45) is 11.8 Å². The Kier molecular flexibility index (Phi) is 7.99. The minimum atomic E-state index is 0.846. The van der Waals surface area contributed by atoms with E-state index in [1.807, 2.05) is 22.7 Å². The van der Waals surface area contributed by atoms with Gasteiger partial charge in [-0.2, -0.15) is 0 Å². The molecule has 0 amide bonds. The lowest BCUT2D eigenvalue weighted by molar-refractivity contribution is 0.452. The van der Waals surface area contributed by atoms with Crippen molar-refractivity contribution in [3.63, 3.8) is 0 Å². The third-order valence-electron chi connectivity index (χ3n) is 7.58. The molecule has 5 aromatic rings. The van der Waals surface area contributed by atoms with Crippen LogP contribution in [0.1, 0.15) is 88.8 Å². The van der Waals surface area contributed by atoms with Gasteiger partial charge in [0, 0.05) is 39.3 Å². The molecule has 0 N–H and O–H groups in total. The summed E-state index contributed by atoms with van der Waals surface area (Å²) in [5, 5.41) is 2.98. The van der Waals surface area contributed by atoms with Gasteiger partial charge in [0.05, 0.1) is 9.40 Å². The highest BCUT2D eigenvalue weighted by atomic mass is 32.1. The van der Waals surface area contributed by atoms with E-state index in [4.69, 9.17) is 0 Å². The zero-order valence-electron chi connectivity index (χ0n) is 21.2. The molecular formula is C30H38S4. The van der Waals surface area contributed by atoms with Gasteiger partial charge in [-0.05, 0) is 48.9 Å². The summed E-state index contributed by atoms with van der Waals surface area (Å²) in [6, 6.07) is 10.0. The highest BCUT2D eigenvalue weighted by Crippen LogP contribution is 2.46. The molecule has 4 heteroatoms. The number of rotatable bonds is 12. The molecule has 0 saturated carbocycles. The van der Waals surface area contributed by atoms with Gasteiger partial charge in [0.15, 0.2) is 0 Å².